The van der Waals surface area contributed by atoms with Crippen LogP contribution in [0.2, 0.25) is 10.0 Å². The lowest BCUT2D eigenvalue weighted by atomic mass is 9.96. The molecule has 1 aromatic heterocycles. The molecule has 1 aliphatic rings. The molecule has 2 aromatic rings. The average Bonchev–Trinajstić information content (AvgIpc) is 2.57. The van der Waals surface area contributed by atoms with E-state index in [1.54, 1.807) is 0 Å². The van der Waals surface area contributed by atoms with Gasteiger partial charge in [-0.15, -0.1) is 0 Å². The fourth-order valence-electron chi connectivity index (χ4n) is 2.40. The molecule has 0 saturated heterocycles. The van der Waals surface area contributed by atoms with Crippen molar-refractivity contribution in [2.45, 2.75) is 25.7 Å². The molecule has 0 atom stereocenters. The molecule has 15 heavy (non-hydrogen) atoms. The summed E-state index contributed by atoms with van der Waals surface area (Å²) in [5, 5.41) is 2.53. The predicted molar refractivity (Wildman–Crippen MR) is 65.0 cm³/mol. The Morgan fingerprint density at radius 2 is 1.73 bits per heavy atom. The number of benzene rings is 1. The zero-order valence-electron chi connectivity index (χ0n) is 8.24. The number of halogens is 2. The summed E-state index contributed by atoms with van der Waals surface area (Å²) >= 11 is 12.0. The van der Waals surface area contributed by atoms with Gasteiger partial charge in [0.15, 0.2) is 0 Å². The van der Waals surface area contributed by atoms with E-state index >= 15 is 0 Å². The maximum atomic E-state index is 6.04. The Bertz CT molecular complexity index is 528. The molecule has 0 aliphatic heterocycles. The van der Waals surface area contributed by atoms with Crippen LogP contribution < -0.4 is 0 Å². The van der Waals surface area contributed by atoms with Gasteiger partial charge < -0.3 is 4.98 Å². The standard InChI is InChI=1S/C12H11Cl2N/c13-9-5-8-7-3-1-2-4-11(7)15-12(8)6-10(9)14/h5-6,15H,1-4H2. The quantitative estimate of drug-likeness (QED) is 0.704. The first-order valence-electron chi connectivity index (χ1n) is 5.24. The Hall–Kier alpha value is -0.660. The van der Waals surface area contributed by atoms with Crippen LogP contribution in [0.5, 0.6) is 0 Å². The second-order valence-corrected chi connectivity index (χ2v) is 4.92. The number of rotatable bonds is 0. The highest BCUT2D eigenvalue weighted by Gasteiger charge is 2.16. The first-order valence-corrected chi connectivity index (χ1v) is 6.00. The van der Waals surface area contributed by atoms with Crippen molar-refractivity contribution < 1.29 is 0 Å². The monoisotopic (exact) mass is 239 g/mol. The highest BCUT2D eigenvalue weighted by Crippen LogP contribution is 2.34. The number of fused-ring (bicyclic) bond motifs is 3. The molecule has 0 fully saturated rings. The molecule has 1 N–H and O–H groups in total. The van der Waals surface area contributed by atoms with Crippen molar-refractivity contribution in [3.05, 3.63) is 33.4 Å². The van der Waals surface area contributed by atoms with Gasteiger partial charge in [-0.1, -0.05) is 23.2 Å². The molecule has 0 spiro atoms. The minimum absolute atomic E-state index is 0.628. The van der Waals surface area contributed by atoms with Crippen molar-refractivity contribution in [2.75, 3.05) is 0 Å². The lowest BCUT2D eigenvalue weighted by Gasteiger charge is -2.10. The van der Waals surface area contributed by atoms with Gasteiger partial charge in [-0.3, -0.25) is 0 Å². The second kappa shape index (κ2) is 3.43. The Morgan fingerprint density at radius 1 is 1.00 bits per heavy atom. The Labute approximate surface area is 98.4 Å². The smallest absolute Gasteiger partial charge is 0.0613 e. The zero-order valence-corrected chi connectivity index (χ0v) is 9.75. The minimum Gasteiger partial charge on any atom is -0.358 e. The maximum absolute atomic E-state index is 6.04. The van der Waals surface area contributed by atoms with Crippen LogP contribution in [0, 0.1) is 0 Å². The number of aryl methyl sites for hydroxylation is 2. The summed E-state index contributed by atoms with van der Waals surface area (Å²) in [5.74, 6) is 0. The first kappa shape index (κ1) is 9.56. The number of aromatic nitrogens is 1. The molecule has 3 rings (SSSR count). The highest BCUT2D eigenvalue weighted by molar-refractivity contribution is 6.42. The molecule has 1 aliphatic carbocycles. The van der Waals surface area contributed by atoms with Crippen molar-refractivity contribution in [1.82, 2.24) is 4.98 Å². The van der Waals surface area contributed by atoms with Crippen LogP contribution in [-0.4, -0.2) is 4.98 Å². The second-order valence-electron chi connectivity index (χ2n) is 4.10. The van der Waals surface area contributed by atoms with Crippen LogP contribution >= 0.6 is 23.2 Å². The van der Waals surface area contributed by atoms with E-state index in [9.17, 15) is 0 Å². The van der Waals surface area contributed by atoms with Crippen molar-refractivity contribution in [3.63, 3.8) is 0 Å². The topological polar surface area (TPSA) is 15.8 Å². The van der Waals surface area contributed by atoms with Crippen LogP contribution in [0.1, 0.15) is 24.1 Å². The lowest BCUT2D eigenvalue weighted by molar-refractivity contribution is 0.680. The van der Waals surface area contributed by atoms with Gasteiger partial charge in [0.1, 0.15) is 0 Å². The Balaban J connectivity index is 2.33. The van der Waals surface area contributed by atoms with Gasteiger partial charge in [-0.05, 0) is 43.4 Å². The molecule has 0 radical (unpaired) electrons. The van der Waals surface area contributed by atoms with E-state index in [0.717, 1.165) is 18.4 Å². The molecule has 0 saturated carbocycles. The summed E-state index contributed by atoms with van der Waals surface area (Å²) in [6.07, 6.45) is 4.87. The molecule has 0 amide bonds. The number of aromatic amines is 1. The minimum atomic E-state index is 0.628. The Kier molecular flexibility index (Phi) is 2.18. The fourth-order valence-corrected chi connectivity index (χ4v) is 2.73. The maximum Gasteiger partial charge on any atom is 0.0613 e. The van der Waals surface area contributed by atoms with Crippen molar-refractivity contribution in [2.24, 2.45) is 0 Å². The average molecular weight is 240 g/mol. The van der Waals surface area contributed by atoms with E-state index in [4.69, 9.17) is 23.2 Å². The first-order chi connectivity index (χ1) is 7.25. The summed E-state index contributed by atoms with van der Waals surface area (Å²) in [6.45, 7) is 0. The zero-order chi connectivity index (χ0) is 10.4. The third kappa shape index (κ3) is 1.45. The Morgan fingerprint density at radius 3 is 2.60 bits per heavy atom. The van der Waals surface area contributed by atoms with E-state index in [1.807, 2.05) is 12.1 Å². The molecular formula is C12H11Cl2N. The number of nitrogens with one attached hydrogen (secondary N) is 1. The predicted octanol–water partition coefficient (Wildman–Crippen LogP) is 4.35. The summed E-state index contributed by atoms with van der Waals surface area (Å²) in [6, 6.07) is 3.91. The molecule has 0 unspecified atom stereocenters. The van der Waals surface area contributed by atoms with E-state index in [1.165, 1.54) is 29.5 Å². The van der Waals surface area contributed by atoms with Gasteiger partial charge in [0, 0.05) is 16.6 Å². The van der Waals surface area contributed by atoms with Gasteiger partial charge >= 0.3 is 0 Å². The molecule has 78 valence electrons. The fraction of sp³-hybridized carbons (Fsp3) is 0.333. The lowest BCUT2D eigenvalue weighted by Crippen LogP contribution is -1.99. The van der Waals surface area contributed by atoms with Crippen molar-refractivity contribution >= 4 is 34.1 Å². The molecule has 1 heterocycles. The highest BCUT2D eigenvalue weighted by atomic mass is 35.5. The van der Waals surface area contributed by atoms with E-state index in [-0.39, 0.29) is 0 Å². The molecular weight excluding hydrogens is 229 g/mol. The normalized spacial score (nSPS) is 15.6. The van der Waals surface area contributed by atoms with Crippen molar-refractivity contribution in [1.29, 1.82) is 0 Å². The summed E-state index contributed by atoms with van der Waals surface area (Å²) < 4.78 is 0. The molecule has 3 heteroatoms. The van der Waals surface area contributed by atoms with E-state index in [2.05, 4.69) is 4.98 Å². The van der Waals surface area contributed by atoms with Gasteiger partial charge in [-0.25, -0.2) is 0 Å². The third-order valence-electron chi connectivity index (χ3n) is 3.14. The van der Waals surface area contributed by atoms with E-state index in [0.29, 0.717) is 10.0 Å². The summed E-state index contributed by atoms with van der Waals surface area (Å²) in [7, 11) is 0. The van der Waals surface area contributed by atoms with Crippen LogP contribution in [-0.2, 0) is 12.8 Å². The number of H-pyrrole nitrogens is 1. The van der Waals surface area contributed by atoms with Gasteiger partial charge in [0.25, 0.3) is 0 Å². The van der Waals surface area contributed by atoms with Gasteiger partial charge in [0.2, 0.25) is 0 Å². The van der Waals surface area contributed by atoms with Crippen LogP contribution in [0.15, 0.2) is 12.1 Å². The van der Waals surface area contributed by atoms with Crippen LogP contribution in [0.3, 0.4) is 0 Å². The molecule has 1 nitrogen and oxygen atoms in total. The largest absolute Gasteiger partial charge is 0.358 e. The van der Waals surface area contributed by atoms with Gasteiger partial charge in [-0.2, -0.15) is 0 Å². The molecule has 1 aromatic carbocycles. The number of hydrogen-bond donors (Lipinski definition) is 1. The summed E-state index contributed by atoms with van der Waals surface area (Å²) in [4.78, 5) is 3.44. The SMILES string of the molecule is Clc1cc2[nH]c3c(c2cc1Cl)CCCC3. The van der Waals surface area contributed by atoms with Crippen LogP contribution in [0.25, 0.3) is 10.9 Å². The third-order valence-corrected chi connectivity index (χ3v) is 3.86. The number of hydrogen-bond acceptors (Lipinski definition) is 0. The summed E-state index contributed by atoms with van der Waals surface area (Å²) in [5.41, 5.74) is 3.93. The van der Waals surface area contributed by atoms with Gasteiger partial charge in [0.05, 0.1) is 10.0 Å². The van der Waals surface area contributed by atoms with Crippen molar-refractivity contribution in [3.8, 4) is 0 Å². The van der Waals surface area contributed by atoms with E-state index < -0.39 is 0 Å². The van der Waals surface area contributed by atoms with Crippen LogP contribution in [0.4, 0.5) is 0 Å². The molecule has 0 bridgehead atoms.